The lowest BCUT2D eigenvalue weighted by Gasteiger charge is -2.27. The van der Waals surface area contributed by atoms with Crippen molar-refractivity contribution in [1.29, 1.82) is 0 Å². The lowest BCUT2D eigenvalue weighted by Crippen LogP contribution is -2.36. The number of likely N-dealkylation sites (N-methyl/N-ethyl adjacent to an activating group) is 1. The summed E-state index contributed by atoms with van der Waals surface area (Å²) < 4.78 is 5.36. The minimum Gasteiger partial charge on any atom is -0.478 e. The van der Waals surface area contributed by atoms with E-state index in [1.165, 1.54) is 6.92 Å². The fourth-order valence-electron chi connectivity index (χ4n) is 2.03. The Bertz CT molecular complexity index is 356. The van der Waals surface area contributed by atoms with Gasteiger partial charge in [0.15, 0.2) is 0 Å². The molecule has 1 aliphatic heterocycles. The van der Waals surface area contributed by atoms with Crippen molar-refractivity contribution in [2.75, 3.05) is 26.8 Å². The van der Waals surface area contributed by atoms with E-state index in [2.05, 4.69) is 0 Å². The average Bonchev–Trinajstić information content (AvgIpc) is 2.37. The number of carbonyl (C=O) groups is 2. The van der Waals surface area contributed by atoms with Gasteiger partial charge in [-0.1, -0.05) is 0 Å². The van der Waals surface area contributed by atoms with Crippen LogP contribution in [0, 0.1) is 5.92 Å². The van der Waals surface area contributed by atoms with Crippen LogP contribution in [0.15, 0.2) is 11.1 Å². The highest BCUT2D eigenvalue weighted by atomic mass is 16.5. The molecule has 0 bridgehead atoms. The molecule has 1 unspecified atom stereocenters. The number of nitrogens with zero attached hydrogens (tertiary/aromatic N) is 1. The number of ether oxygens (including phenoxy) is 1. The molecule has 0 radical (unpaired) electrons. The van der Waals surface area contributed by atoms with Gasteiger partial charge in [-0.05, 0) is 32.6 Å². The molecule has 0 saturated carbocycles. The quantitative estimate of drug-likeness (QED) is 0.769. The topological polar surface area (TPSA) is 66.8 Å². The van der Waals surface area contributed by atoms with E-state index in [4.69, 9.17) is 9.84 Å². The second kappa shape index (κ2) is 6.54. The van der Waals surface area contributed by atoms with Crippen molar-refractivity contribution in [3.63, 3.8) is 0 Å². The van der Waals surface area contributed by atoms with E-state index < -0.39 is 5.97 Å². The zero-order valence-corrected chi connectivity index (χ0v) is 11.2. The summed E-state index contributed by atoms with van der Waals surface area (Å²) in [7, 11) is 1.70. The molecule has 0 aromatic rings. The first-order valence-corrected chi connectivity index (χ1v) is 6.17. The third-order valence-corrected chi connectivity index (χ3v) is 3.34. The van der Waals surface area contributed by atoms with Crippen molar-refractivity contribution < 1.29 is 19.4 Å². The first-order chi connectivity index (χ1) is 8.43. The lowest BCUT2D eigenvalue weighted by atomic mass is 10.0. The fraction of sp³-hybridized carbons (Fsp3) is 0.692. The van der Waals surface area contributed by atoms with E-state index in [1.54, 1.807) is 18.9 Å². The van der Waals surface area contributed by atoms with Crippen molar-refractivity contribution in [2.45, 2.75) is 26.7 Å². The van der Waals surface area contributed by atoms with Crippen molar-refractivity contribution in [2.24, 2.45) is 5.92 Å². The number of carboxylic acid groups (broad SMARTS) is 1. The molecule has 5 nitrogen and oxygen atoms in total. The molecular formula is C13H21NO4. The van der Waals surface area contributed by atoms with Crippen molar-refractivity contribution >= 4 is 11.9 Å². The number of carboxylic acids is 1. The molecule has 1 atom stereocenters. The van der Waals surface area contributed by atoms with Crippen LogP contribution in [0.25, 0.3) is 0 Å². The summed E-state index contributed by atoms with van der Waals surface area (Å²) in [6.07, 6.45) is 2.08. The Hall–Kier alpha value is -1.36. The van der Waals surface area contributed by atoms with Gasteiger partial charge in [0.2, 0.25) is 5.91 Å². The molecule has 18 heavy (non-hydrogen) atoms. The van der Waals surface area contributed by atoms with E-state index >= 15 is 0 Å². The molecule has 5 heteroatoms. The Kier molecular flexibility index (Phi) is 5.34. The second-order valence-electron chi connectivity index (χ2n) is 4.82. The van der Waals surface area contributed by atoms with Crippen LogP contribution < -0.4 is 0 Å². The maximum absolute atomic E-state index is 12.0. The lowest BCUT2D eigenvalue weighted by molar-refractivity contribution is -0.133. The number of rotatable bonds is 4. The van der Waals surface area contributed by atoms with Crippen LogP contribution in [0.1, 0.15) is 26.7 Å². The molecule has 1 rings (SSSR count). The molecule has 1 aliphatic rings. The summed E-state index contributed by atoms with van der Waals surface area (Å²) in [4.78, 5) is 24.4. The van der Waals surface area contributed by atoms with Crippen LogP contribution in [0.2, 0.25) is 0 Å². The van der Waals surface area contributed by atoms with Gasteiger partial charge in [0, 0.05) is 31.3 Å². The SMILES string of the molecule is CC(C(=O)O)=C(C)C(=O)N(C)CC1CCCOC1. The van der Waals surface area contributed by atoms with Crippen molar-refractivity contribution in [3.05, 3.63) is 11.1 Å². The van der Waals surface area contributed by atoms with Gasteiger partial charge in [0.25, 0.3) is 0 Å². The van der Waals surface area contributed by atoms with Gasteiger partial charge in [-0.25, -0.2) is 4.79 Å². The first kappa shape index (κ1) is 14.7. The minimum absolute atomic E-state index is 0.103. The molecule has 1 N–H and O–H groups in total. The standard InChI is InChI=1S/C13H21NO4/c1-9(10(2)13(16)17)12(15)14(3)7-11-5-4-6-18-8-11/h11H,4-8H2,1-3H3,(H,16,17). The molecule has 1 fully saturated rings. The highest BCUT2D eigenvalue weighted by Crippen LogP contribution is 2.16. The van der Waals surface area contributed by atoms with E-state index in [9.17, 15) is 9.59 Å². The minimum atomic E-state index is -1.05. The third-order valence-electron chi connectivity index (χ3n) is 3.34. The average molecular weight is 255 g/mol. The van der Waals surface area contributed by atoms with E-state index in [0.717, 1.165) is 19.4 Å². The highest BCUT2D eigenvalue weighted by molar-refractivity contribution is 6.01. The van der Waals surface area contributed by atoms with E-state index in [-0.39, 0.29) is 11.5 Å². The summed E-state index contributed by atoms with van der Waals surface area (Å²) in [5.41, 5.74) is 0.397. The predicted molar refractivity (Wildman–Crippen MR) is 67.2 cm³/mol. The maximum Gasteiger partial charge on any atom is 0.331 e. The van der Waals surface area contributed by atoms with Crippen LogP contribution >= 0.6 is 0 Å². The van der Waals surface area contributed by atoms with Crippen LogP contribution in [-0.4, -0.2) is 48.7 Å². The van der Waals surface area contributed by atoms with Gasteiger partial charge in [0.05, 0.1) is 6.61 Å². The van der Waals surface area contributed by atoms with Crippen molar-refractivity contribution in [1.82, 2.24) is 4.90 Å². The highest BCUT2D eigenvalue weighted by Gasteiger charge is 2.21. The van der Waals surface area contributed by atoms with Crippen LogP contribution in [0.5, 0.6) is 0 Å². The summed E-state index contributed by atoms with van der Waals surface area (Å²) >= 11 is 0. The molecule has 1 saturated heterocycles. The molecule has 0 aromatic heterocycles. The van der Waals surface area contributed by atoms with E-state index in [1.807, 2.05) is 0 Å². The second-order valence-corrected chi connectivity index (χ2v) is 4.82. The normalized spacial score (nSPS) is 21.2. The Morgan fingerprint density at radius 1 is 1.33 bits per heavy atom. The molecule has 0 spiro atoms. The number of hydrogen-bond acceptors (Lipinski definition) is 3. The van der Waals surface area contributed by atoms with Gasteiger partial charge in [-0.2, -0.15) is 0 Å². The zero-order chi connectivity index (χ0) is 13.7. The van der Waals surface area contributed by atoms with Gasteiger partial charge >= 0.3 is 5.97 Å². The Morgan fingerprint density at radius 2 is 2.00 bits per heavy atom. The summed E-state index contributed by atoms with van der Waals surface area (Å²) in [6, 6.07) is 0. The Labute approximate surface area is 107 Å². The molecule has 0 aromatic carbocycles. The smallest absolute Gasteiger partial charge is 0.331 e. The monoisotopic (exact) mass is 255 g/mol. The van der Waals surface area contributed by atoms with E-state index in [0.29, 0.717) is 24.6 Å². The zero-order valence-electron chi connectivity index (χ0n) is 11.2. The number of hydrogen-bond donors (Lipinski definition) is 1. The third kappa shape index (κ3) is 3.84. The number of amides is 1. The van der Waals surface area contributed by atoms with Crippen molar-refractivity contribution in [3.8, 4) is 0 Å². The van der Waals surface area contributed by atoms with Crippen LogP contribution in [-0.2, 0) is 14.3 Å². The van der Waals surface area contributed by atoms with Crippen LogP contribution in [0.4, 0.5) is 0 Å². The Morgan fingerprint density at radius 3 is 2.50 bits per heavy atom. The molecule has 0 aliphatic carbocycles. The predicted octanol–water partition coefficient (Wildman–Crippen LogP) is 1.29. The fourth-order valence-corrected chi connectivity index (χ4v) is 2.03. The Balaban J connectivity index is 2.60. The van der Waals surface area contributed by atoms with Gasteiger partial charge < -0.3 is 14.7 Å². The summed E-state index contributed by atoms with van der Waals surface area (Å²) in [5.74, 6) is -0.915. The molecule has 1 heterocycles. The number of aliphatic carboxylic acids is 1. The van der Waals surface area contributed by atoms with Crippen LogP contribution in [0.3, 0.4) is 0 Å². The number of carbonyl (C=O) groups excluding carboxylic acids is 1. The van der Waals surface area contributed by atoms with Gasteiger partial charge in [-0.15, -0.1) is 0 Å². The first-order valence-electron chi connectivity index (χ1n) is 6.17. The molecule has 102 valence electrons. The summed E-state index contributed by atoms with van der Waals surface area (Å²) in [6.45, 7) is 5.10. The maximum atomic E-state index is 12.0. The molecule has 1 amide bonds. The molecular weight excluding hydrogens is 234 g/mol. The summed E-state index contributed by atoms with van der Waals surface area (Å²) in [5, 5.41) is 8.86. The largest absolute Gasteiger partial charge is 0.478 e. The van der Waals surface area contributed by atoms with Gasteiger partial charge in [-0.3, -0.25) is 4.79 Å². The van der Waals surface area contributed by atoms with Gasteiger partial charge in [0.1, 0.15) is 0 Å².